The molecule has 1 fully saturated rings. The van der Waals surface area contributed by atoms with Crippen molar-refractivity contribution < 1.29 is 22.5 Å². The lowest BCUT2D eigenvalue weighted by Gasteiger charge is -2.32. The minimum Gasteiger partial charge on any atom is -0.494 e. The van der Waals surface area contributed by atoms with E-state index in [1.165, 1.54) is 13.2 Å². The number of hydrogen-bond donors (Lipinski definition) is 0. The van der Waals surface area contributed by atoms with Crippen molar-refractivity contribution >= 4 is 21.2 Å². The molecule has 1 saturated heterocycles. The molecule has 9 heteroatoms. The van der Waals surface area contributed by atoms with Crippen molar-refractivity contribution in [3.05, 3.63) is 28.1 Å². The average molecular weight is 318 g/mol. The van der Waals surface area contributed by atoms with E-state index in [1.807, 2.05) is 0 Å². The molecule has 1 aliphatic rings. The van der Waals surface area contributed by atoms with E-state index < -0.39 is 31.5 Å². The molecule has 7 nitrogen and oxygen atoms in total. The molecule has 0 aromatic heterocycles. The number of benzene rings is 1. The lowest BCUT2D eigenvalue weighted by Crippen LogP contribution is -2.45. The Bertz CT molecular complexity index is 676. The second-order valence-corrected chi connectivity index (χ2v) is 7.39. The van der Waals surface area contributed by atoms with Gasteiger partial charge >= 0.3 is 0 Å². The van der Waals surface area contributed by atoms with Crippen LogP contribution in [0.5, 0.6) is 5.75 Å². The topological polar surface area (TPSA) is 89.8 Å². The summed E-state index contributed by atoms with van der Waals surface area (Å²) < 4.78 is 41.9. The number of rotatable bonds is 3. The fourth-order valence-electron chi connectivity index (χ4n) is 2.26. The molecule has 1 atom stereocenters. The van der Waals surface area contributed by atoms with Crippen molar-refractivity contribution in [2.24, 2.45) is 0 Å². The number of nitro benzene ring substituents is 1. The summed E-state index contributed by atoms with van der Waals surface area (Å²) in [6.45, 7) is 1.80. The fraction of sp³-hybridized carbons (Fsp3) is 0.500. The van der Waals surface area contributed by atoms with Gasteiger partial charge in [-0.1, -0.05) is 0 Å². The number of halogens is 1. The molecule has 1 heterocycles. The van der Waals surface area contributed by atoms with Crippen LogP contribution in [0.15, 0.2) is 12.1 Å². The third kappa shape index (κ3) is 2.92. The van der Waals surface area contributed by atoms with E-state index in [0.29, 0.717) is 0 Å². The molecule has 116 valence electrons. The summed E-state index contributed by atoms with van der Waals surface area (Å²) in [4.78, 5) is 12.0. The van der Waals surface area contributed by atoms with Gasteiger partial charge < -0.3 is 9.64 Å². The largest absolute Gasteiger partial charge is 0.494 e. The van der Waals surface area contributed by atoms with Crippen LogP contribution < -0.4 is 9.64 Å². The van der Waals surface area contributed by atoms with Gasteiger partial charge in [0.1, 0.15) is 5.69 Å². The predicted octanol–water partition coefficient (Wildman–Crippen LogP) is 1.37. The monoisotopic (exact) mass is 318 g/mol. The van der Waals surface area contributed by atoms with Crippen LogP contribution in [-0.2, 0) is 9.84 Å². The van der Waals surface area contributed by atoms with E-state index in [4.69, 9.17) is 4.74 Å². The van der Waals surface area contributed by atoms with E-state index in [1.54, 1.807) is 11.8 Å². The van der Waals surface area contributed by atoms with E-state index in [0.717, 1.165) is 6.07 Å². The van der Waals surface area contributed by atoms with Crippen molar-refractivity contribution in [3.63, 3.8) is 0 Å². The Morgan fingerprint density at radius 2 is 2.14 bits per heavy atom. The molecule has 1 aromatic carbocycles. The lowest BCUT2D eigenvalue weighted by atomic mass is 10.2. The molecule has 2 rings (SSSR count). The molecule has 0 spiro atoms. The van der Waals surface area contributed by atoms with E-state index in [2.05, 4.69) is 0 Å². The quantitative estimate of drug-likeness (QED) is 0.617. The van der Waals surface area contributed by atoms with Crippen molar-refractivity contribution in [2.45, 2.75) is 12.2 Å². The number of nitrogens with zero attached hydrogens (tertiary/aromatic N) is 2. The predicted molar refractivity (Wildman–Crippen MR) is 75.1 cm³/mol. The molecular weight excluding hydrogens is 303 g/mol. The molecule has 0 radical (unpaired) electrons. The Morgan fingerprint density at radius 3 is 2.67 bits per heavy atom. The maximum atomic E-state index is 13.6. The molecule has 0 amide bonds. The zero-order chi connectivity index (χ0) is 15.8. The summed E-state index contributed by atoms with van der Waals surface area (Å²) >= 11 is 0. The molecule has 0 aliphatic carbocycles. The highest BCUT2D eigenvalue weighted by Gasteiger charge is 2.33. The number of nitro groups is 1. The van der Waals surface area contributed by atoms with Crippen LogP contribution in [0, 0.1) is 15.9 Å². The summed E-state index contributed by atoms with van der Waals surface area (Å²) in [5.41, 5.74) is -0.236. The SMILES string of the molecule is COc1cc(N2CCS(=O)(=O)C(C)C2)c([N+](=O)[O-])cc1F. The summed E-state index contributed by atoms with van der Waals surface area (Å²) in [7, 11) is -1.91. The third-order valence-electron chi connectivity index (χ3n) is 3.52. The Balaban J connectivity index is 2.45. The van der Waals surface area contributed by atoms with Crippen LogP contribution in [-0.4, -0.2) is 44.5 Å². The van der Waals surface area contributed by atoms with Gasteiger partial charge in [0.15, 0.2) is 21.4 Å². The second kappa shape index (κ2) is 5.47. The van der Waals surface area contributed by atoms with Crippen molar-refractivity contribution in [1.29, 1.82) is 0 Å². The zero-order valence-corrected chi connectivity index (χ0v) is 12.4. The van der Waals surface area contributed by atoms with Crippen LogP contribution in [0.1, 0.15) is 6.92 Å². The molecular formula is C12H15FN2O5S. The van der Waals surface area contributed by atoms with E-state index in [-0.39, 0.29) is 30.3 Å². The van der Waals surface area contributed by atoms with Gasteiger partial charge in [-0.2, -0.15) is 0 Å². The average Bonchev–Trinajstić information content (AvgIpc) is 2.41. The van der Waals surface area contributed by atoms with Gasteiger partial charge in [0.2, 0.25) is 0 Å². The molecule has 21 heavy (non-hydrogen) atoms. The van der Waals surface area contributed by atoms with Gasteiger partial charge in [-0.05, 0) is 6.92 Å². The van der Waals surface area contributed by atoms with Gasteiger partial charge in [-0.15, -0.1) is 0 Å². The van der Waals surface area contributed by atoms with Gasteiger partial charge in [0.05, 0.1) is 29.1 Å². The minimum atomic E-state index is -3.18. The first-order valence-electron chi connectivity index (χ1n) is 6.24. The normalized spacial score (nSPS) is 21.1. The molecule has 0 bridgehead atoms. The third-order valence-corrected chi connectivity index (χ3v) is 5.65. The summed E-state index contributed by atoms with van der Waals surface area (Å²) in [6, 6.07) is 2.03. The number of ether oxygens (including phenoxy) is 1. The van der Waals surface area contributed by atoms with Crippen molar-refractivity contribution in [3.8, 4) is 5.75 Å². The highest BCUT2D eigenvalue weighted by atomic mass is 32.2. The summed E-state index contributed by atoms with van der Waals surface area (Å²) in [5.74, 6) is -1.03. The van der Waals surface area contributed by atoms with Crippen molar-refractivity contribution in [1.82, 2.24) is 0 Å². The van der Waals surface area contributed by atoms with Crippen LogP contribution in [0.3, 0.4) is 0 Å². The standard InChI is InChI=1S/C12H15FN2O5S/c1-8-7-14(3-4-21(8,18)19)10-6-12(20-2)9(13)5-11(10)15(16)17/h5-6,8H,3-4,7H2,1-2H3. The number of anilines is 1. The van der Waals surface area contributed by atoms with Gasteiger partial charge in [0.25, 0.3) is 5.69 Å². The van der Waals surface area contributed by atoms with Gasteiger partial charge in [-0.25, -0.2) is 12.8 Å². The maximum absolute atomic E-state index is 13.6. The smallest absolute Gasteiger partial charge is 0.295 e. The van der Waals surface area contributed by atoms with Gasteiger partial charge in [0, 0.05) is 19.2 Å². The summed E-state index contributed by atoms with van der Waals surface area (Å²) in [5, 5.41) is 10.4. The highest BCUT2D eigenvalue weighted by Crippen LogP contribution is 2.35. The molecule has 1 unspecified atom stereocenters. The van der Waals surface area contributed by atoms with E-state index in [9.17, 15) is 22.9 Å². The Kier molecular flexibility index (Phi) is 4.04. The van der Waals surface area contributed by atoms with Crippen LogP contribution in [0.2, 0.25) is 0 Å². The minimum absolute atomic E-state index is 0.0922. The van der Waals surface area contributed by atoms with Crippen LogP contribution in [0.4, 0.5) is 15.8 Å². The van der Waals surface area contributed by atoms with Crippen LogP contribution >= 0.6 is 0 Å². The van der Waals surface area contributed by atoms with E-state index >= 15 is 0 Å². The van der Waals surface area contributed by atoms with Crippen LogP contribution in [0.25, 0.3) is 0 Å². The molecule has 0 N–H and O–H groups in total. The van der Waals surface area contributed by atoms with Gasteiger partial charge in [-0.3, -0.25) is 10.1 Å². The Hall–Kier alpha value is -1.90. The zero-order valence-electron chi connectivity index (χ0n) is 11.6. The number of methoxy groups -OCH3 is 1. The lowest BCUT2D eigenvalue weighted by molar-refractivity contribution is -0.384. The molecule has 1 aliphatic heterocycles. The Labute approximate surface area is 121 Å². The fourth-order valence-corrected chi connectivity index (χ4v) is 3.55. The first-order chi connectivity index (χ1) is 9.76. The number of hydrogen-bond acceptors (Lipinski definition) is 6. The molecule has 1 aromatic rings. The first kappa shape index (κ1) is 15.5. The first-order valence-corrected chi connectivity index (χ1v) is 7.96. The van der Waals surface area contributed by atoms with Crippen molar-refractivity contribution in [2.75, 3.05) is 30.9 Å². The highest BCUT2D eigenvalue weighted by molar-refractivity contribution is 7.92. The number of sulfone groups is 1. The summed E-state index contributed by atoms with van der Waals surface area (Å²) in [6.07, 6.45) is 0. The Morgan fingerprint density at radius 1 is 1.48 bits per heavy atom. The molecule has 0 saturated carbocycles. The maximum Gasteiger partial charge on any atom is 0.295 e. The second-order valence-electron chi connectivity index (χ2n) is 4.86.